The largest absolute Gasteiger partial charge is 0.480 e. The zero-order valence-corrected chi connectivity index (χ0v) is 12.5. The summed E-state index contributed by atoms with van der Waals surface area (Å²) in [6, 6.07) is 9.05. The highest BCUT2D eigenvalue weighted by Gasteiger charge is 2.38. The maximum absolute atomic E-state index is 12.1. The summed E-state index contributed by atoms with van der Waals surface area (Å²) in [7, 11) is 0. The molecule has 1 unspecified atom stereocenters. The molecule has 1 aromatic carbocycles. The van der Waals surface area contributed by atoms with E-state index in [2.05, 4.69) is 0 Å². The van der Waals surface area contributed by atoms with Gasteiger partial charge in [-0.15, -0.1) is 11.8 Å². The van der Waals surface area contributed by atoms with Gasteiger partial charge < -0.3 is 15.1 Å². The highest BCUT2D eigenvalue weighted by atomic mass is 32.2. The first-order valence-corrected chi connectivity index (χ1v) is 7.94. The Balaban J connectivity index is 1.75. The summed E-state index contributed by atoms with van der Waals surface area (Å²) in [5.41, 5.74) is 0. The van der Waals surface area contributed by atoms with Crippen molar-refractivity contribution in [3.63, 3.8) is 0 Å². The molecule has 2 rings (SSSR count). The van der Waals surface area contributed by atoms with Crippen molar-refractivity contribution in [3.8, 4) is 0 Å². The monoisotopic (exact) mass is 309 g/mol. The molecule has 2 N–H and O–H groups in total. The van der Waals surface area contributed by atoms with Gasteiger partial charge in [-0.2, -0.15) is 0 Å². The first-order chi connectivity index (χ1) is 10.1. The third-order valence-electron chi connectivity index (χ3n) is 3.43. The van der Waals surface area contributed by atoms with Crippen molar-refractivity contribution in [1.82, 2.24) is 4.90 Å². The lowest BCUT2D eigenvalue weighted by molar-refractivity contribution is -0.148. The second-order valence-electron chi connectivity index (χ2n) is 5.05. The fraction of sp³-hybridized carbons (Fsp3) is 0.467. The van der Waals surface area contributed by atoms with Gasteiger partial charge in [0.15, 0.2) is 0 Å². The van der Waals surface area contributed by atoms with Crippen LogP contribution >= 0.6 is 11.8 Å². The smallest absolute Gasteiger partial charge is 0.326 e. The molecule has 1 saturated heterocycles. The summed E-state index contributed by atoms with van der Waals surface area (Å²) in [5.74, 6) is -0.421. The molecule has 0 spiro atoms. The molecule has 5 nitrogen and oxygen atoms in total. The molecule has 1 amide bonds. The van der Waals surface area contributed by atoms with E-state index in [1.54, 1.807) is 11.8 Å². The minimum absolute atomic E-state index is 0.125. The Kier molecular flexibility index (Phi) is 5.64. The molecule has 0 bridgehead atoms. The average molecular weight is 309 g/mol. The number of likely N-dealkylation sites (tertiary alicyclic amines) is 1. The van der Waals surface area contributed by atoms with Gasteiger partial charge in [-0.3, -0.25) is 4.79 Å². The lowest BCUT2D eigenvalue weighted by Crippen LogP contribution is -2.40. The maximum Gasteiger partial charge on any atom is 0.326 e. The zero-order chi connectivity index (χ0) is 15.2. The highest BCUT2D eigenvalue weighted by molar-refractivity contribution is 7.99. The zero-order valence-electron chi connectivity index (χ0n) is 11.6. The van der Waals surface area contributed by atoms with Crippen LogP contribution in [0, 0.1) is 0 Å². The Hall–Kier alpha value is -1.53. The number of aliphatic hydroxyl groups excluding tert-OH is 1. The van der Waals surface area contributed by atoms with Gasteiger partial charge in [-0.1, -0.05) is 18.2 Å². The molecule has 1 heterocycles. The molecule has 0 radical (unpaired) electrons. The van der Waals surface area contributed by atoms with Gasteiger partial charge in [0, 0.05) is 24.3 Å². The summed E-state index contributed by atoms with van der Waals surface area (Å²) >= 11 is 1.68. The molecule has 0 aromatic heterocycles. The first-order valence-electron chi connectivity index (χ1n) is 6.96. The number of hydrogen-bond acceptors (Lipinski definition) is 4. The Morgan fingerprint density at radius 2 is 2.00 bits per heavy atom. The summed E-state index contributed by atoms with van der Waals surface area (Å²) in [6.45, 7) is 0.127. The van der Waals surface area contributed by atoms with Gasteiger partial charge in [0.2, 0.25) is 5.91 Å². The fourth-order valence-corrected chi connectivity index (χ4v) is 3.27. The number of amides is 1. The molecule has 6 heteroatoms. The van der Waals surface area contributed by atoms with Crippen molar-refractivity contribution in [2.75, 3.05) is 12.3 Å². The Morgan fingerprint density at radius 1 is 1.29 bits per heavy atom. The third-order valence-corrected chi connectivity index (χ3v) is 4.53. The second-order valence-corrected chi connectivity index (χ2v) is 6.22. The van der Waals surface area contributed by atoms with Gasteiger partial charge >= 0.3 is 5.97 Å². The predicted molar refractivity (Wildman–Crippen MR) is 80.2 cm³/mol. The van der Waals surface area contributed by atoms with Crippen LogP contribution in [0.3, 0.4) is 0 Å². The van der Waals surface area contributed by atoms with E-state index in [1.165, 1.54) is 4.90 Å². The van der Waals surface area contributed by atoms with Crippen molar-refractivity contribution in [1.29, 1.82) is 0 Å². The molecule has 2 atom stereocenters. The molecule has 1 aliphatic rings. The van der Waals surface area contributed by atoms with E-state index >= 15 is 0 Å². The van der Waals surface area contributed by atoms with Crippen LogP contribution < -0.4 is 0 Å². The summed E-state index contributed by atoms with van der Waals surface area (Å²) < 4.78 is 0. The number of nitrogens with zero attached hydrogens (tertiary/aromatic N) is 1. The van der Waals surface area contributed by atoms with Gasteiger partial charge in [0.05, 0.1) is 6.10 Å². The normalized spacial score (nSPS) is 21.5. The molecule has 0 aliphatic carbocycles. The number of carboxylic acid groups (broad SMARTS) is 1. The van der Waals surface area contributed by atoms with E-state index < -0.39 is 18.1 Å². The van der Waals surface area contributed by atoms with Gasteiger partial charge in [0.25, 0.3) is 0 Å². The number of benzene rings is 1. The average Bonchev–Trinajstić information content (AvgIpc) is 2.87. The van der Waals surface area contributed by atoms with E-state index in [4.69, 9.17) is 5.11 Å². The highest BCUT2D eigenvalue weighted by Crippen LogP contribution is 2.22. The molecular weight excluding hydrogens is 290 g/mol. The van der Waals surface area contributed by atoms with Crippen LogP contribution in [-0.4, -0.2) is 51.4 Å². The molecule has 21 heavy (non-hydrogen) atoms. The number of carboxylic acids is 1. The standard InChI is InChI=1S/C15H19NO4S/c17-11-9-13(15(19)20)16(10-11)14(18)7-4-8-21-12-5-2-1-3-6-12/h1-3,5-6,11,13,17H,4,7-10H2,(H,19,20)/t11?,13-/m0/s1. The third kappa shape index (κ3) is 4.47. The molecule has 114 valence electrons. The van der Waals surface area contributed by atoms with Crippen molar-refractivity contribution in [2.24, 2.45) is 0 Å². The number of aliphatic carboxylic acids is 1. The summed E-state index contributed by atoms with van der Waals surface area (Å²) in [6.07, 6.45) is 0.404. The molecule has 1 fully saturated rings. The Morgan fingerprint density at radius 3 is 2.67 bits per heavy atom. The van der Waals surface area contributed by atoms with E-state index in [1.807, 2.05) is 30.3 Å². The topological polar surface area (TPSA) is 77.8 Å². The maximum atomic E-state index is 12.1. The lowest BCUT2D eigenvalue weighted by atomic mass is 10.2. The molecule has 1 aliphatic heterocycles. The van der Waals surface area contributed by atoms with Crippen LogP contribution in [0.25, 0.3) is 0 Å². The van der Waals surface area contributed by atoms with Crippen LogP contribution in [0.5, 0.6) is 0 Å². The van der Waals surface area contributed by atoms with E-state index in [0.717, 1.165) is 10.6 Å². The second kappa shape index (κ2) is 7.47. The van der Waals surface area contributed by atoms with Gasteiger partial charge in [-0.25, -0.2) is 4.79 Å². The fourth-order valence-electron chi connectivity index (χ4n) is 2.40. The van der Waals surface area contributed by atoms with Crippen LogP contribution in [0.2, 0.25) is 0 Å². The van der Waals surface area contributed by atoms with Crippen LogP contribution in [-0.2, 0) is 9.59 Å². The lowest BCUT2D eigenvalue weighted by Gasteiger charge is -2.21. The number of thioether (sulfide) groups is 1. The van der Waals surface area contributed by atoms with Gasteiger partial charge in [-0.05, 0) is 24.3 Å². The number of aliphatic hydroxyl groups is 1. The summed E-state index contributed by atoms with van der Waals surface area (Å²) in [4.78, 5) is 25.6. The van der Waals surface area contributed by atoms with E-state index in [0.29, 0.717) is 12.8 Å². The molecular formula is C15H19NO4S. The predicted octanol–water partition coefficient (Wildman–Crippen LogP) is 1.61. The Bertz CT molecular complexity index is 494. The van der Waals surface area contributed by atoms with Crippen molar-refractivity contribution >= 4 is 23.6 Å². The minimum Gasteiger partial charge on any atom is -0.480 e. The van der Waals surface area contributed by atoms with Crippen LogP contribution in [0.15, 0.2) is 35.2 Å². The number of carbonyl (C=O) groups is 2. The van der Waals surface area contributed by atoms with Crippen molar-refractivity contribution in [2.45, 2.75) is 36.3 Å². The van der Waals surface area contributed by atoms with Crippen molar-refractivity contribution < 1.29 is 19.8 Å². The van der Waals surface area contributed by atoms with E-state index in [9.17, 15) is 14.7 Å². The van der Waals surface area contributed by atoms with E-state index in [-0.39, 0.29) is 18.9 Å². The molecule has 0 saturated carbocycles. The number of rotatable bonds is 6. The number of β-amino-alcohol motifs (C(OH)–C–C–N with tert-alkyl or cyclic N) is 1. The SMILES string of the molecule is O=C(O)[C@@H]1CC(O)CN1C(=O)CCCSc1ccccc1. The van der Waals surface area contributed by atoms with Crippen molar-refractivity contribution in [3.05, 3.63) is 30.3 Å². The Labute approximate surface area is 128 Å². The first kappa shape index (κ1) is 15.9. The van der Waals surface area contributed by atoms with Crippen LogP contribution in [0.1, 0.15) is 19.3 Å². The number of carbonyl (C=O) groups excluding carboxylic acids is 1. The number of hydrogen-bond donors (Lipinski definition) is 2. The minimum atomic E-state index is -1.04. The van der Waals surface area contributed by atoms with Gasteiger partial charge in [0.1, 0.15) is 6.04 Å². The molecule has 1 aromatic rings. The quantitative estimate of drug-likeness (QED) is 0.616. The summed E-state index contributed by atoms with van der Waals surface area (Å²) in [5, 5.41) is 18.6. The van der Waals surface area contributed by atoms with Crippen LogP contribution in [0.4, 0.5) is 0 Å².